The Morgan fingerprint density at radius 2 is 1.73 bits per heavy atom. The number of methoxy groups -OCH3 is 1. The Morgan fingerprint density at radius 3 is 2.50 bits per heavy atom. The molecule has 1 aliphatic rings. The highest BCUT2D eigenvalue weighted by Gasteiger charge is 2.12. The Kier molecular flexibility index (Phi) is 4.25. The van der Waals surface area contributed by atoms with Crippen molar-refractivity contribution >= 4 is 5.97 Å². The van der Waals surface area contributed by atoms with Gasteiger partial charge in [-0.05, 0) is 35.4 Å². The van der Waals surface area contributed by atoms with E-state index < -0.39 is 0 Å². The zero-order valence-electron chi connectivity index (χ0n) is 12.3. The summed E-state index contributed by atoms with van der Waals surface area (Å²) in [7, 11) is 1.38. The molecule has 5 heteroatoms. The summed E-state index contributed by atoms with van der Waals surface area (Å²) in [5.41, 5.74) is 2.80. The van der Waals surface area contributed by atoms with Crippen LogP contribution >= 0.6 is 0 Å². The number of ether oxygens (including phenoxy) is 3. The molecule has 0 spiro atoms. The van der Waals surface area contributed by atoms with Crippen LogP contribution in [0.2, 0.25) is 0 Å². The van der Waals surface area contributed by atoms with Gasteiger partial charge in [-0.3, -0.25) is 0 Å². The van der Waals surface area contributed by atoms with E-state index in [-0.39, 0.29) is 5.97 Å². The number of carbonyl (C=O) groups excluding carboxylic acids is 1. The lowest BCUT2D eigenvalue weighted by atomic mass is 10.1. The maximum absolute atomic E-state index is 11.4. The predicted octanol–water partition coefficient (Wildman–Crippen LogP) is 2.49. The van der Waals surface area contributed by atoms with Crippen LogP contribution in [0.15, 0.2) is 42.5 Å². The minimum Gasteiger partial charge on any atom is -0.465 e. The number of hydrogen-bond acceptors (Lipinski definition) is 5. The van der Waals surface area contributed by atoms with Crippen molar-refractivity contribution in [2.24, 2.45) is 0 Å². The van der Waals surface area contributed by atoms with Gasteiger partial charge in [-0.1, -0.05) is 18.2 Å². The summed E-state index contributed by atoms with van der Waals surface area (Å²) >= 11 is 0. The van der Waals surface area contributed by atoms with Crippen LogP contribution in [0.4, 0.5) is 0 Å². The van der Waals surface area contributed by atoms with Gasteiger partial charge in [0.05, 0.1) is 12.7 Å². The number of esters is 1. The molecule has 2 aromatic rings. The molecular formula is C17H17NO4. The van der Waals surface area contributed by atoms with Crippen LogP contribution < -0.4 is 14.8 Å². The van der Waals surface area contributed by atoms with Gasteiger partial charge in [0.1, 0.15) is 0 Å². The van der Waals surface area contributed by atoms with Gasteiger partial charge in [0.25, 0.3) is 0 Å². The maximum atomic E-state index is 11.4. The molecule has 0 atom stereocenters. The Morgan fingerprint density at radius 1 is 1.05 bits per heavy atom. The highest BCUT2D eigenvalue weighted by molar-refractivity contribution is 5.89. The van der Waals surface area contributed by atoms with Crippen molar-refractivity contribution in [2.45, 2.75) is 13.1 Å². The van der Waals surface area contributed by atoms with Gasteiger partial charge in [-0.25, -0.2) is 4.79 Å². The second-order valence-corrected chi connectivity index (χ2v) is 4.98. The molecule has 0 saturated carbocycles. The number of carbonyl (C=O) groups is 1. The number of fused-ring (bicyclic) bond motifs is 1. The van der Waals surface area contributed by atoms with Crippen molar-refractivity contribution in [2.75, 3.05) is 13.9 Å². The first-order chi connectivity index (χ1) is 10.8. The SMILES string of the molecule is COC(=O)c1ccc(CNCc2ccc3c(c2)OCO3)cc1. The summed E-state index contributed by atoms with van der Waals surface area (Å²) in [6.07, 6.45) is 0. The lowest BCUT2D eigenvalue weighted by Crippen LogP contribution is -2.12. The molecule has 0 bridgehead atoms. The van der Waals surface area contributed by atoms with E-state index in [9.17, 15) is 4.79 Å². The van der Waals surface area contributed by atoms with E-state index in [0.29, 0.717) is 12.4 Å². The Balaban J connectivity index is 1.53. The smallest absolute Gasteiger partial charge is 0.337 e. The molecule has 1 N–H and O–H groups in total. The first-order valence-corrected chi connectivity index (χ1v) is 7.03. The largest absolute Gasteiger partial charge is 0.465 e. The Hall–Kier alpha value is -2.53. The molecule has 114 valence electrons. The lowest BCUT2D eigenvalue weighted by molar-refractivity contribution is 0.0600. The number of benzene rings is 2. The zero-order chi connectivity index (χ0) is 15.4. The van der Waals surface area contributed by atoms with Crippen molar-refractivity contribution < 1.29 is 19.0 Å². The average molecular weight is 299 g/mol. The first kappa shape index (κ1) is 14.4. The van der Waals surface area contributed by atoms with Crippen LogP contribution in [0.1, 0.15) is 21.5 Å². The van der Waals surface area contributed by atoms with Crippen LogP contribution in [0.3, 0.4) is 0 Å². The molecule has 1 aliphatic heterocycles. The normalized spacial score (nSPS) is 12.2. The Bertz CT molecular complexity index is 667. The van der Waals surface area contributed by atoms with Crippen LogP contribution in [0.5, 0.6) is 11.5 Å². The molecule has 0 unspecified atom stereocenters. The fourth-order valence-corrected chi connectivity index (χ4v) is 2.28. The third-order valence-corrected chi connectivity index (χ3v) is 3.47. The summed E-state index contributed by atoms with van der Waals surface area (Å²) in [5, 5.41) is 3.36. The van der Waals surface area contributed by atoms with Gasteiger partial charge >= 0.3 is 5.97 Å². The summed E-state index contributed by atoms with van der Waals surface area (Å²) in [6, 6.07) is 13.3. The van der Waals surface area contributed by atoms with Gasteiger partial charge < -0.3 is 19.5 Å². The number of nitrogens with one attached hydrogen (secondary N) is 1. The summed E-state index contributed by atoms with van der Waals surface area (Å²) in [4.78, 5) is 11.4. The van der Waals surface area contributed by atoms with Gasteiger partial charge in [-0.2, -0.15) is 0 Å². The van der Waals surface area contributed by atoms with E-state index in [0.717, 1.165) is 35.7 Å². The fourth-order valence-electron chi connectivity index (χ4n) is 2.28. The molecule has 0 fully saturated rings. The second kappa shape index (κ2) is 6.49. The van der Waals surface area contributed by atoms with Crippen LogP contribution in [0.25, 0.3) is 0 Å². The van der Waals surface area contributed by atoms with Gasteiger partial charge in [0.15, 0.2) is 11.5 Å². The third kappa shape index (κ3) is 3.20. The van der Waals surface area contributed by atoms with E-state index >= 15 is 0 Å². The van der Waals surface area contributed by atoms with Crippen molar-refractivity contribution in [3.05, 3.63) is 59.2 Å². The Labute approximate surface area is 128 Å². The quantitative estimate of drug-likeness (QED) is 0.860. The maximum Gasteiger partial charge on any atom is 0.337 e. The van der Waals surface area contributed by atoms with Crippen molar-refractivity contribution in [3.63, 3.8) is 0 Å². The second-order valence-electron chi connectivity index (χ2n) is 4.98. The standard InChI is InChI=1S/C17H17NO4/c1-20-17(19)14-5-2-12(3-6-14)9-18-10-13-4-7-15-16(8-13)22-11-21-15/h2-8,18H,9-11H2,1H3. The van der Waals surface area contributed by atoms with Gasteiger partial charge in [0.2, 0.25) is 6.79 Å². The number of hydrogen-bond donors (Lipinski definition) is 1. The fraction of sp³-hybridized carbons (Fsp3) is 0.235. The zero-order valence-corrected chi connectivity index (χ0v) is 12.3. The van der Waals surface area contributed by atoms with Crippen molar-refractivity contribution in [3.8, 4) is 11.5 Å². The molecule has 0 amide bonds. The molecule has 0 radical (unpaired) electrons. The molecule has 2 aromatic carbocycles. The predicted molar refractivity (Wildman–Crippen MR) is 80.9 cm³/mol. The molecule has 3 rings (SSSR count). The molecule has 0 aromatic heterocycles. The summed E-state index contributed by atoms with van der Waals surface area (Å²) in [6.45, 7) is 1.74. The minimum absolute atomic E-state index is 0.290. The van der Waals surface area contributed by atoms with Crippen LogP contribution in [-0.2, 0) is 17.8 Å². The van der Waals surface area contributed by atoms with E-state index in [1.165, 1.54) is 7.11 Å². The topological polar surface area (TPSA) is 56.8 Å². The highest BCUT2D eigenvalue weighted by atomic mass is 16.7. The minimum atomic E-state index is -0.320. The summed E-state index contributed by atoms with van der Waals surface area (Å²) in [5.74, 6) is 1.27. The average Bonchev–Trinajstić information content (AvgIpc) is 3.02. The third-order valence-electron chi connectivity index (χ3n) is 3.47. The first-order valence-electron chi connectivity index (χ1n) is 7.03. The summed E-state index contributed by atoms with van der Waals surface area (Å²) < 4.78 is 15.3. The van der Waals surface area contributed by atoms with Gasteiger partial charge in [-0.15, -0.1) is 0 Å². The number of rotatable bonds is 5. The molecule has 0 aliphatic carbocycles. The molecule has 1 heterocycles. The molecule has 5 nitrogen and oxygen atoms in total. The van der Waals surface area contributed by atoms with E-state index in [1.807, 2.05) is 30.3 Å². The molecule has 22 heavy (non-hydrogen) atoms. The van der Waals surface area contributed by atoms with Gasteiger partial charge in [0, 0.05) is 13.1 Å². The van der Waals surface area contributed by atoms with Crippen molar-refractivity contribution in [1.29, 1.82) is 0 Å². The van der Waals surface area contributed by atoms with Crippen molar-refractivity contribution in [1.82, 2.24) is 5.32 Å². The van der Waals surface area contributed by atoms with E-state index in [4.69, 9.17) is 9.47 Å². The molecular weight excluding hydrogens is 282 g/mol. The lowest BCUT2D eigenvalue weighted by Gasteiger charge is -2.07. The van der Waals surface area contributed by atoms with E-state index in [2.05, 4.69) is 10.1 Å². The van der Waals surface area contributed by atoms with E-state index in [1.54, 1.807) is 12.1 Å². The van der Waals surface area contributed by atoms with Crippen LogP contribution in [-0.4, -0.2) is 19.9 Å². The molecule has 0 saturated heterocycles. The highest BCUT2D eigenvalue weighted by Crippen LogP contribution is 2.32. The van der Waals surface area contributed by atoms with Crippen LogP contribution in [0, 0.1) is 0 Å². The monoisotopic (exact) mass is 299 g/mol.